The van der Waals surface area contributed by atoms with Crippen LogP contribution in [0.3, 0.4) is 0 Å². The third-order valence-electron chi connectivity index (χ3n) is 5.54. The van der Waals surface area contributed by atoms with Crippen molar-refractivity contribution in [3.63, 3.8) is 0 Å². The topological polar surface area (TPSA) is 40.5 Å². The second-order valence-corrected chi connectivity index (χ2v) is 7.28. The normalized spacial score (nSPS) is 51.4. The molecule has 100 valence electrons. The van der Waals surface area contributed by atoms with E-state index in [9.17, 15) is 10.2 Å². The highest BCUT2D eigenvalue weighted by molar-refractivity contribution is 5.05. The largest absolute Gasteiger partial charge is 0.392 e. The van der Waals surface area contributed by atoms with Gasteiger partial charge in [0.05, 0.1) is 11.7 Å². The van der Waals surface area contributed by atoms with Gasteiger partial charge in [0.25, 0.3) is 0 Å². The Balaban J connectivity index is 2.29. The average Bonchev–Trinajstić information content (AvgIpc) is 2.14. The number of hydrogen-bond donors (Lipinski definition) is 2. The van der Waals surface area contributed by atoms with Crippen LogP contribution in [0.5, 0.6) is 0 Å². The summed E-state index contributed by atoms with van der Waals surface area (Å²) in [6.07, 6.45) is 5.04. The van der Waals surface area contributed by atoms with Crippen molar-refractivity contribution in [2.24, 2.45) is 23.2 Å². The van der Waals surface area contributed by atoms with Gasteiger partial charge < -0.3 is 10.2 Å². The van der Waals surface area contributed by atoms with Gasteiger partial charge in [0.2, 0.25) is 0 Å². The first-order chi connectivity index (χ1) is 7.78. The quantitative estimate of drug-likeness (QED) is 0.740. The third-order valence-corrected chi connectivity index (χ3v) is 5.54. The molecular formula is C15H28O2. The molecule has 2 aliphatic carbocycles. The molecule has 2 saturated carbocycles. The van der Waals surface area contributed by atoms with Crippen LogP contribution in [0.4, 0.5) is 0 Å². The second kappa shape index (κ2) is 4.24. The lowest BCUT2D eigenvalue weighted by molar-refractivity contribution is -0.184. The Labute approximate surface area is 105 Å². The summed E-state index contributed by atoms with van der Waals surface area (Å²) in [6.45, 7) is 8.58. The molecule has 0 aromatic heterocycles. The van der Waals surface area contributed by atoms with Crippen molar-refractivity contribution in [3.05, 3.63) is 0 Å². The van der Waals surface area contributed by atoms with E-state index < -0.39 is 5.60 Å². The fourth-order valence-corrected chi connectivity index (χ4v) is 4.61. The van der Waals surface area contributed by atoms with Crippen LogP contribution < -0.4 is 0 Å². The molecule has 5 atom stereocenters. The Morgan fingerprint density at radius 1 is 1.12 bits per heavy atom. The van der Waals surface area contributed by atoms with E-state index in [2.05, 4.69) is 20.8 Å². The maximum absolute atomic E-state index is 10.7. The molecule has 0 saturated heterocycles. The Bertz CT molecular complexity index is 285. The summed E-state index contributed by atoms with van der Waals surface area (Å²) in [4.78, 5) is 0. The summed E-state index contributed by atoms with van der Waals surface area (Å²) in [7, 11) is 0. The molecule has 2 rings (SSSR count). The van der Waals surface area contributed by atoms with Gasteiger partial charge in [-0.3, -0.25) is 0 Å². The molecule has 2 aliphatic rings. The van der Waals surface area contributed by atoms with Crippen LogP contribution in [0.2, 0.25) is 0 Å². The Hall–Kier alpha value is -0.0800. The van der Waals surface area contributed by atoms with E-state index in [0.717, 1.165) is 32.1 Å². The summed E-state index contributed by atoms with van der Waals surface area (Å²) in [5.41, 5.74) is -0.535. The minimum atomic E-state index is -0.681. The SMILES string of the molecule is CC(C)[C@H]1CC[C@]2(C)CCC[C@@](C)(O)[C@H]2C1O. The zero-order valence-electron chi connectivity index (χ0n) is 11.7. The molecule has 1 unspecified atom stereocenters. The Morgan fingerprint density at radius 3 is 2.35 bits per heavy atom. The van der Waals surface area contributed by atoms with Gasteiger partial charge >= 0.3 is 0 Å². The van der Waals surface area contributed by atoms with Crippen LogP contribution in [-0.2, 0) is 0 Å². The van der Waals surface area contributed by atoms with Crippen molar-refractivity contribution in [1.82, 2.24) is 0 Å². The highest BCUT2D eigenvalue weighted by atomic mass is 16.3. The molecule has 2 N–H and O–H groups in total. The summed E-state index contributed by atoms with van der Waals surface area (Å²) in [6, 6.07) is 0. The molecule has 0 radical (unpaired) electrons. The zero-order valence-corrected chi connectivity index (χ0v) is 11.7. The van der Waals surface area contributed by atoms with Crippen LogP contribution >= 0.6 is 0 Å². The van der Waals surface area contributed by atoms with Crippen LogP contribution in [0.15, 0.2) is 0 Å². The van der Waals surface area contributed by atoms with Gasteiger partial charge in [-0.1, -0.05) is 27.2 Å². The van der Waals surface area contributed by atoms with E-state index in [0.29, 0.717) is 11.8 Å². The predicted octanol–water partition coefficient (Wildman–Crippen LogP) is 2.97. The van der Waals surface area contributed by atoms with E-state index in [1.165, 1.54) is 0 Å². The number of hydrogen-bond acceptors (Lipinski definition) is 2. The molecule has 17 heavy (non-hydrogen) atoms. The first-order valence-electron chi connectivity index (χ1n) is 7.18. The highest BCUT2D eigenvalue weighted by Crippen LogP contribution is 2.56. The van der Waals surface area contributed by atoms with Crippen LogP contribution in [-0.4, -0.2) is 21.9 Å². The molecular weight excluding hydrogens is 212 g/mol. The lowest BCUT2D eigenvalue weighted by Gasteiger charge is -2.57. The van der Waals surface area contributed by atoms with Gasteiger partial charge in [0, 0.05) is 5.92 Å². The standard InChI is InChI=1S/C15H28O2/c1-10(2)11-6-9-14(3)7-5-8-15(4,17)13(14)12(11)16/h10-13,16-17H,5-9H2,1-4H3/t11-,12?,13+,14+,15-/m1/s1. The van der Waals surface area contributed by atoms with E-state index in [-0.39, 0.29) is 17.4 Å². The van der Waals surface area contributed by atoms with Crippen molar-refractivity contribution in [1.29, 1.82) is 0 Å². The summed E-state index contributed by atoms with van der Waals surface area (Å²) < 4.78 is 0. The van der Waals surface area contributed by atoms with Crippen molar-refractivity contribution in [2.45, 2.75) is 71.5 Å². The molecule has 0 aromatic carbocycles. The van der Waals surface area contributed by atoms with Gasteiger partial charge in [-0.05, 0) is 49.9 Å². The van der Waals surface area contributed by atoms with Crippen molar-refractivity contribution in [2.75, 3.05) is 0 Å². The minimum Gasteiger partial charge on any atom is -0.392 e. The van der Waals surface area contributed by atoms with Gasteiger partial charge in [-0.15, -0.1) is 0 Å². The zero-order chi connectivity index (χ0) is 12.8. The smallest absolute Gasteiger partial charge is 0.0677 e. The van der Waals surface area contributed by atoms with Gasteiger partial charge in [0.15, 0.2) is 0 Å². The molecule has 0 aromatic rings. The molecule has 2 heteroatoms. The van der Waals surface area contributed by atoms with Crippen LogP contribution in [0, 0.1) is 23.2 Å². The van der Waals surface area contributed by atoms with Crippen molar-refractivity contribution < 1.29 is 10.2 Å². The van der Waals surface area contributed by atoms with Crippen molar-refractivity contribution >= 4 is 0 Å². The predicted molar refractivity (Wildman–Crippen MR) is 69.6 cm³/mol. The second-order valence-electron chi connectivity index (χ2n) is 7.28. The number of rotatable bonds is 1. The van der Waals surface area contributed by atoms with E-state index in [1.54, 1.807) is 0 Å². The monoisotopic (exact) mass is 240 g/mol. The fraction of sp³-hybridized carbons (Fsp3) is 1.00. The molecule has 0 spiro atoms. The molecule has 2 nitrogen and oxygen atoms in total. The maximum atomic E-state index is 10.7. The first-order valence-corrected chi connectivity index (χ1v) is 7.18. The minimum absolute atomic E-state index is 0.0601. The van der Waals surface area contributed by atoms with Crippen molar-refractivity contribution in [3.8, 4) is 0 Å². The molecule has 0 heterocycles. The van der Waals surface area contributed by atoms with Crippen LogP contribution in [0.1, 0.15) is 59.8 Å². The highest BCUT2D eigenvalue weighted by Gasteiger charge is 2.55. The summed E-state index contributed by atoms with van der Waals surface area (Å²) in [5.74, 6) is 0.926. The molecule has 0 amide bonds. The average molecular weight is 240 g/mol. The first kappa shape index (κ1) is 13.4. The van der Waals surface area contributed by atoms with Gasteiger partial charge in [0.1, 0.15) is 0 Å². The molecule has 2 fully saturated rings. The number of fused-ring (bicyclic) bond motifs is 1. The molecule has 0 bridgehead atoms. The van der Waals surface area contributed by atoms with Gasteiger partial charge in [-0.2, -0.15) is 0 Å². The maximum Gasteiger partial charge on any atom is 0.0677 e. The van der Waals surface area contributed by atoms with Gasteiger partial charge in [-0.25, -0.2) is 0 Å². The number of aliphatic hydroxyl groups is 2. The summed E-state index contributed by atoms with van der Waals surface area (Å²) >= 11 is 0. The lowest BCUT2D eigenvalue weighted by atomic mass is 9.51. The van der Waals surface area contributed by atoms with E-state index >= 15 is 0 Å². The lowest BCUT2D eigenvalue weighted by Crippen LogP contribution is -2.58. The fourth-order valence-electron chi connectivity index (χ4n) is 4.61. The third kappa shape index (κ3) is 2.15. The van der Waals surface area contributed by atoms with E-state index in [4.69, 9.17) is 0 Å². The number of aliphatic hydroxyl groups excluding tert-OH is 1. The Morgan fingerprint density at radius 2 is 1.76 bits per heavy atom. The Kier molecular flexibility index (Phi) is 3.33. The molecule has 0 aliphatic heterocycles. The van der Waals surface area contributed by atoms with Crippen LogP contribution in [0.25, 0.3) is 0 Å². The van der Waals surface area contributed by atoms with E-state index in [1.807, 2.05) is 6.92 Å². The summed E-state index contributed by atoms with van der Waals surface area (Å²) in [5, 5.41) is 21.3.